The molecule has 4 heteroatoms. The van der Waals surface area contributed by atoms with Crippen LogP contribution in [0.5, 0.6) is 11.5 Å². The molecule has 16 heavy (non-hydrogen) atoms. The summed E-state index contributed by atoms with van der Waals surface area (Å²) in [6, 6.07) is 6.73. The van der Waals surface area contributed by atoms with E-state index in [9.17, 15) is 5.11 Å². The van der Waals surface area contributed by atoms with Gasteiger partial charge in [0.15, 0.2) is 0 Å². The second-order valence-electron chi connectivity index (χ2n) is 3.66. The number of nitrogens with zero attached hydrogens (tertiary/aromatic N) is 2. The molecule has 0 unspecified atom stereocenters. The zero-order valence-corrected chi connectivity index (χ0v) is 9.34. The van der Waals surface area contributed by atoms with Crippen LogP contribution in [0.3, 0.4) is 0 Å². The minimum absolute atomic E-state index is 0.202. The first kappa shape index (κ1) is 10.5. The summed E-state index contributed by atoms with van der Waals surface area (Å²) in [6.45, 7) is 2.39. The topological polar surface area (TPSA) is 47.3 Å². The van der Waals surface area contributed by atoms with Gasteiger partial charge in [-0.3, -0.25) is 0 Å². The predicted molar refractivity (Wildman–Crippen MR) is 60.4 cm³/mol. The first-order chi connectivity index (χ1) is 7.66. The number of imidazole rings is 1. The largest absolute Gasteiger partial charge is 0.508 e. The predicted octanol–water partition coefficient (Wildman–Crippen LogP) is 2.01. The Morgan fingerprint density at radius 1 is 1.44 bits per heavy atom. The number of hydrogen-bond donors (Lipinski definition) is 1. The van der Waals surface area contributed by atoms with Gasteiger partial charge in [-0.25, -0.2) is 4.98 Å². The highest BCUT2D eigenvalue weighted by Crippen LogP contribution is 2.18. The quantitative estimate of drug-likeness (QED) is 0.857. The SMILES string of the molecule is Cc1cnc(COc2cccc(O)c2)n1C. The minimum atomic E-state index is 0.202. The summed E-state index contributed by atoms with van der Waals surface area (Å²) in [5, 5.41) is 9.27. The van der Waals surface area contributed by atoms with E-state index in [1.807, 2.05) is 18.5 Å². The van der Waals surface area contributed by atoms with Crippen LogP contribution >= 0.6 is 0 Å². The molecule has 0 amide bonds. The van der Waals surface area contributed by atoms with Crippen molar-refractivity contribution >= 4 is 0 Å². The number of rotatable bonds is 3. The Kier molecular flexibility index (Phi) is 2.81. The van der Waals surface area contributed by atoms with E-state index in [2.05, 4.69) is 4.98 Å². The third-order valence-corrected chi connectivity index (χ3v) is 2.50. The molecule has 2 rings (SSSR count). The zero-order valence-electron chi connectivity index (χ0n) is 9.34. The number of hydrogen-bond acceptors (Lipinski definition) is 3. The van der Waals surface area contributed by atoms with Crippen LogP contribution in [0, 0.1) is 6.92 Å². The van der Waals surface area contributed by atoms with Gasteiger partial charge in [-0.2, -0.15) is 0 Å². The van der Waals surface area contributed by atoms with E-state index in [0.29, 0.717) is 12.4 Å². The summed E-state index contributed by atoms with van der Waals surface area (Å²) in [5.74, 6) is 1.70. The van der Waals surface area contributed by atoms with Crippen LogP contribution in [-0.2, 0) is 13.7 Å². The smallest absolute Gasteiger partial charge is 0.146 e. The van der Waals surface area contributed by atoms with E-state index in [0.717, 1.165) is 11.5 Å². The molecule has 0 aliphatic heterocycles. The van der Waals surface area contributed by atoms with Crippen LogP contribution < -0.4 is 4.74 Å². The highest BCUT2D eigenvalue weighted by atomic mass is 16.5. The molecule has 0 aliphatic rings. The van der Waals surface area contributed by atoms with Gasteiger partial charge in [0, 0.05) is 25.0 Å². The third-order valence-electron chi connectivity index (χ3n) is 2.50. The zero-order chi connectivity index (χ0) is 11.5. The van der Waals surface area contributed by atoms with Gasteiger partial charge >= 0.3 is 0 Å². The monoisotopic (exact) mass is 218 g/mol. The maximum atomic E-state index is 9.27. The van der Waals surface area contributed by atoms with E-state index in [1.165, 1.54) is 0 Å². The molecule has 0 spiro atoms. The summed E-state index contributed by atoms with van der Waals surface area (Å²) in [5.41, 5.74) is 1.09. The maximum absolute atomic E-state index is 9.27. The fraction of sp³-hybridized carbons (Fsp3) is 0.250. The third kappa shape index (κ3) is 2.16. The highest BCUT2D eigenvalue weighted by Gasteiger charge is 2.03. The number of phenolic OH excluding ortho intramolecular Hbond substituents is 1. The normalized spacial score (nSPS) is 10.4. The van der Waals surface area contributed by atoms with Crippen molar-refractivity contribution in [1.29, 1.82) is 0 Å². The van der Waals surface area contributed by atoms with Crippen LogP contribution in [-0.4, -0.2) is 14.7 Å². The lowest BCUT2D eigenvalue weighted by Gasteiger charge is -2.06. The van der Waals surface area contributed by atoms with Crippen molar-refractivity contribution in [1.82, 2.24) is 9.55 Å². The van der Waals surface area contributed by atoms with Crippen molar-refractivity contribution in [3.05, 3.63) is 42.0 Å². The van der Waals surface area contributed by atoms with E-state index in [4.69, 9.17) is 4.74 Å². The van der Waals surface area contributed by atoms with Gasteiger partial charge in [-0.05, 0) is 19.1 Å². The van der Waals surface area contributed by atoms with Crippen LogP contribution in [0.2, 0.25) is 0 Å². The van der Waals surface area contributed by atoms with E-state index < -0.39 is 0 Å². The molecule has 0 fully saturated rings. The first-order valence-electron chi connectivity index (χ1n) is 5.06. The number of benzene rings is 1. The second-order valence-corrected chi connectivity index (χ2v) is 3.66. The standard InChI is InChI=1S/C12H14N2O2/c1-9-7-13-12(14(9)2)8-16-11-5-3-4-10(15)6-11/h3-7,15H,8H2,1-2H3. The van der Waals surface area contributed by atoms with Gasteiger partial charge in [0.2, 0.25) is 0 Å². The van der Waals surface area contributed by atoms with Gasteiger partial charge in [0.1, 0.15) is 23.9 Å². The van der Waals surface area contributed by atoms with Gasteiger partial charge in [-0.1, -0.05) is 6.07 Å². The van der Waals surface area contributed by atoms with Crippen LogP contribution in [0.25, 0.3) is 0 Å². The Morgan fingerprint density at radius 3 is 2.88 bits per heavy atom. The van der Waals surface area contributed by atoms with Gasteiger partial charge in [0.25, 0.3) is 0 Å². The lowest BCUT2D eigenvalue weighted by molar-refractivity contribution is 0.290. The lowest BCUT2D eigenvalue weighted by atomic mass is 10.3. The fourth-order valence-corrected chi connectivity index (χ4v) is 1.40. The van der Waals surface area contributed by atoms with Crippen molar-refractivity contribution in [2.75, 3.05) is 0 Å². The second kappa shape index (κ2) is 4.26. The number of aromatic hydroxyl groups is 1. The molecule has 0 atom stereocenters. The fourth-order valence-electron chi connectivity index (χ4n) is 1.40. The number of phenols is 1. The Balaban J connectivity index is 2.05. The van der Waals surface area contributed by atoms with Crippen LogP contribution in [0.1, 0.15) is 11.5 Å². The van der Waals surface area contributed by atoms with Crippen molar-refractivity contribution in [2.24, 2.45) is 7.05 Å². The Hall–Kier alpha value is -1.97. The molecule has 1 heterocycles. The lowest BCUT2D eigenvalue weighted by Crippen LogP contribution is -2.04. The molecular formula is C12H14N2O2. The highest BCUT2D eigenvalue weighted by molar-refractivity contribution is 5.31. The van der Waals surface area contributed by atoms with Crippen LogP contribution in [0.4, 0.5) is 0 Å². The molecule has 0 aliphatic carbocycles. The summed E-state index contributed by atoms with van der Waals surface area (Å²) >= 11 is 0. The van der Waals surface area contributed by atoms with Crippen molar-refractivity contribution in [3.63, 3.8) is 0 Å². The van der Waals surface area contributed by atoms with Crippen molar-refractivity contribution in [2.45, 2.75) is 13.5 Å². The number of aryl methyl sites for hydroxylation is 1. The first-order valence-corrected chi connectivity index (χ1v) is 5.06. The van der Waals surface area contributed by atoms with Gasteiger partial charge < -0.3 is 14.4 Å². The molecular weight excluding hydrogens is 204 g/mol. The average molecular weight is 218 g/mol. The van der Waals surface area contributed by atoms with Crippen molar-refractivity contribution < 1.29 is 9.84 Å². The van der Waals surface area contributed by atoms with Gasteiger partial charge in [-0.15, -0.1) is 0 Å². The van der Waals surface area contributed by atoms with Crippen molar-refractivity contribution in [3.8, 4) is 11.5 Å². The molecule has 0 saturated carbocycles. The van der Waals surface area contributed by atoms with E-state index in [1.54, 1.807) is 30.5 Å². The van der Waals surface area contributed by atoms with Crippen LogP contribution in [0.15, 0.2) is 30.5 Å². The summed E-state index contributed by atoms with van der Waals surface area (Å²) in [4.78, 5) is 4.23. The van der Waals surface area contributed by atoms with Gasteiger partial charge in [0.05, 0.1) is 0 Å². The Morgan fingerprint density at radius 2 is 2.25 bits per heavy atom. The molecule has 1 aromatic carbocycles. The molecule has 1 N–H and O–H groups in total. The summed E-state index contributed by atoms with van der Waals surface area (Å²) < 4.78 is 7.50. The Labute approximate surface area is 94.1 Å². The van der Waals surface area contributed by atoms with E-state index in [-0.39, 0.29) is 5.75 Å². The maximum Gasteiger partial charge on any atom is 0.146 e. The number of ether oxygens (including phenoxy) is 1. The number of aromatic nitrogens is 2. The molecule has 1 aromatic heterocycles. The summed E-state index contributed by atoms with van der Waals surface area (Å²) in [6.07, 6.45) is 1.81. The average Bonchev–Trinajstić information content (AvgIpc) is 2.57. The molecule has 0 radical (unpaired) electrons. The van der Waals surface area contributed by atoms with E-state index >= 15 is 0 Å². The Bertz CT molecular complexity index is 492. The minimum Gasteiger partial charge on any atom is -0.508 e. The summed E-state index contributed by atoms with van der Waals surface area (Å²) in [7, 11) is 1.95. The molecule has 4 nitrogen and oxygen atoms in total. The molecule has 84 valence electrons. The molecule has 0 saturated heterocycles. The molecule has 2 aromatic rings. The molecule has 0 bridgehead atoms.